The van der Waals surface area contributed by atoms with E-state index in [9.17, 15) is 9.59 Å². The van der Waals surface area contributed by atoms with Crippen LogP contribution in [-0.2, 0) is 20.9 Å². The zero-order valence-corrected chi connectivity index (χ0v) is 15.0. The van der Waals surface area contributed by atoms with Gasteiger partial charge in [-0.25, -0.2) is 4.79 Å². The smallest absolute Gasteiger partial charge is 0.327 e. The Morgan fingerprint density at radius 3 is 2.67 bits per heavy atom. The second kappa shape index (κ2) is 7.61. The fraction of sp³-hybridized carbons (Fsp3) is 0.588. The molecule has 1 aliphatic rings. The quantitative estimate of drug-likeness (QED) is 0.796. The Labute approximate surface area is 142 Å². The molecule has 0 saturated carbocycles. The van der Waals surface area contributed by atoms with Crippen LogP contribution in [0.5, 0.6) is 0 Å². The number of ether oxygens (including phenoxy) is 1. The van der Waals surface area contributed by atoms with Gasteiger partial charge in [0.25, 0.3) is 5.91 Å². The molecule has 7 nitrogen and oxygen atoms in total. The van der Waals surface area contributed by atoms with Crippen LogP contribution in [0.2, 0.25) is 0 Å². The first-order valence-electron chi connectivity index (χ1n) is 8.33. The largest absolute Gasteiger partial charge is 0.465 e. The molecule has 0 aromatic carbocycles. The number of esters is 1. The summed E-state index contributed by atoms with van der Waals surface area (Å²) in [4.78, 5) is 27.0. The van der Waals surface area contributed by atoms with Crippen LogP contribution in [0.3, 0.4) is 0 Å². The van der Waals surface area contributed by atoms with Crippen LogP contribution in [0.25, 0.3) is 0 Å². The molecule has 1 unspecified atom stereocenters. The van der Waals surface area contributed by atoms with Crippen molar-refractivity contribution in [3.63, 3.8) is 0 Å². The Balaban J connectivity index is 2.37. The van der Waals surface area contributed by atoms with Crippen molar-refractivity contribution in [2.24, 2.45) is 0 Å². The van der Waals surface area contributed by atoms with Crippen LogP contribution in [0.1, 0.15) is 32.9 Å². The highest BCUT2D eigenvalue weighted by Crippen LogP contribution is 2.28. The number of nitrogens with zero attached hydrogens (tertiary/aromatic N) is 3. The number of aryl methyl sites for hydroxylation is 2. The number of anilines is 1. The molecule has 0 radical (unpaired) electrons. The Kier molecular flexibility index (Phi) is 5.77. The summed E-state index contributed by atoms with van der Waals surface area (Å²) in [6, 6.07) is -0.748. The van der Waals surface area contributed by atoms with Gasteiger partial charge in [0.2, 0.25) is 0 Å². The van der Waals surface area contributed by atoms with Crippen molar-refractivity contribution < 1.29 is 14.3 Å². The molecular weight excluding hydrogens is 308 g/mol. The molecule has 1 aliphatic heterocycles. The van der Waals surface area contributed by atoms with E-state index in [0.717, 1.165) is 29.9 Å². The molecule has 0 aliphatic carbocycles. The number of carbonyl (C=O) groups excluding carboxylic acids is 2. The van der Waals surface area contributed by atoms with Crippen molar-refractivity contribution in [2.75, 3.05) is 25.1 Å². The van der Waals surface area contributed by atoms with E-state index >= 15 is 0 Å². The van der Waals surface area contributed by atoms with Crippen LogP contribution < -0.4 is 10.2 Å². The van der Waals surface area contributed by atoms with Gasteiger partial charge in [0, 0.05) is 24.9 Å². The SMILES string of the molecule is CCOC(=O)C(NC)C1=C(C)CCN(c2cn(CC)nc2C)C1=O. The van der Waals surface area contributed by atoms with Gasteiger partial charge in [-0.15, -0.1) is 0 Å². The van der Waals surface area contributed by atoms with E-state index in [0.29, 0.717) is 12.1 Å². The van der Waals surface area contributed by atoms with Gasteiger partial charge in [0.05, 0.1) is 18.0 Å². The van der Waals surface area contributed by atoms with Crippen molar-refractivity contribution >= 4 is 17.6 Å². The molecule has 1 aromatic rings. The molecule has 132 valence electrons. The van der Waals surface area contributed by atoms with Crippen LogP contribution in [0.15, 0.2) is 17.3 Å². The fourth-order valence-corrected chi connectivity index (χ4v) is 2.98. The van der Waals surface area contributed by atoms with Gasteiger partial charge in [-0.3, -0.25) is 9.48 Å². The maximum absolute atomic E-state index is 13.1. The average Bonchev–Trinajstić information content (AvgIpc) is 2.92. The number of hydrogen-bond acceptors (Lipinski definition) is 5. The summed E-state index contributed by atoms with van der Waals surface area (Å²) in [5.74, 6) is -0.588. The van der Waals surface area contributed by atoms with Crippen molar-refractivity contribution in [3.05, 3.63) is 23.0 Å². The van der Waals surface area contributed by atoms with Gasteiger partial charge in [-0.2, -0.15) is 5.10 Å². The minimum absolute atomic E-state index is 0.162. The van der Waals surface area contributed by atoms with Gasteiger partial charge in [-0.05, 0) is 41.2 Å². The first kappa shape index (κ1) is 18.2. The first-order valence-corrected chi connectivity index (χ1v) is 8.33. The summed E-state index contributed by atoms with van der Waals surface area (Å²) in [6.07, 6.45) is 2.60. The number of nitrogens with one attached hydrogen (secondary N) is 1. The van der Waals surface area contributed by atoms with E-state index < -0.39 is 12.0 Å². The minimum atomic E-state index is -0.748. The Morgan fingerprint density at radius 1 is 1.42 bits per heavy atom. The third kappa shape index (κ3) is 3.36. The van der Waals surface area contributed by atoms with E-state index in [1.165, 1.54) is 0 Å². The number of rotatable bonds is 6. The molecule has 1 N–H and O–H groups in total. The summed E-state index contributed by atoms with van der Waals surface area (Å²) in [5, 5.41) is 7.33. The van der Waals surface area contributed by atoms with E-state index in [4.69, 9.17) is 4.74 Å². The van der Waals surface area contributed by atoms with Crippen molar-refractivity contribution in [3.8, 4) is 0 Å². The number of carbonyl (C=O) groups is 2. The molecule has 0 fully saturated rings. The summed E-state index contributed by atoms with van der Waals surface area (Å²) >= 11 is 0. The highest BCUT2D eigenvalue weighted by molar-refractivity contribution is 6.11. The number of likely N-dealkylation sites (N-methyl/N-ethyl adjacent to an activating group) is 1. The molecule has 1 aromatic heterocycles. The van der Waals surface area contributed by atoms with Gasteiger partial charge in [0.15, 0.2) is 0 Å². The predicted molar refractivity (Wildman–Crippen MR) is 91.8 cm³/mol. The third-order valence-electron chi connectivity index (χ3n) is 4.28. The lowest BCUT2D eigenvalue weighted by Gasteiger charge is -2.31. The second-order valence-electron chi connectivity index (χ2n) is 5.83. The first-order chi connectivity index (χ1) is 11.4. The lowest BCUT2D eigenvalue weighted by Crippen LogP contribution is -2.47. The molecule has 1 amide bonds. The topological polar surface area (TPSA) is 76.5 Å². The standard InChI is InChI=1S/C17H26N4O3/c1-6-20-10-13(12(4)19-20)21-9-8-11(3)14(16(21)22)15(18-5)17(23)24-7-2/h10,15,18H,6-9H2,1-5H3. The summed E-state index contributed by atoms with van der Waals surface area (Å²) in [7, 11) is 1.66. The van der Waals surface area contributed by atoms with E-state index in [-0.39, 0.29) is 12.5 Å². The lowest BCUT2D eigenvalue weighted by molar-refractivity contribution is -0.145. The van der Waals surface area contributed by atoms with Crippen molar-refractivity contribution in [1.82, 2.24) is 15.1 Å². The highest BCUT2D eigenvalue weighted by atomic mass is 16.5. The summed E-state index contributed by atoms with van der Waals surface area (Å²) < 4.78 is 6.92. The highest BCUT2D eigenvalue weighted by Gasteiger charge is 2.36. The number of amides is 1. The van der Waals surface area contributed by atoms with Gasteiger partial charge >= 0.3 is 5.97 Å². The summed E-state index contributed by atoms with van der Waals surface area (Å²) in [6.45, 7) is 9.15. The third-order valence-corrected chi connectivity index (χ3v) is 4.28. The van der Waals surface area contributed by atoms with Gasteiger partial charge in [-0.1, -0.05) is 5.57 Å². The van der Waals surface area contributed by atoms with E-state index in [2.05, 4.69) is 10.4 Å². The van der Waals surface area contributed by atoms with Crippen LogP contribution in [0, 0.1) is 6.92 Å². The van der Waals surface area contributed by atoms with E-state index in [1.54, 1.807) is 18.9 Å². The molecule has 0 bridgehead atoms. The molecule has 2 heterocycles. The Bertz CT molecular complexity index is 663. The van der Waals surface area contributed by atoms with Crippen molar-refractivity contribution in [2.45, 2.75) is 46.7 Å². The molecule has 1 atom stereocenters. The normalized spacial score (nSPS) is 16.5. The second-order valence-corrected chi connectivity index (χ2v) is 5.83. The zero-order chi connectivity index (χ0) is 17.9. The Morgan fingerprint density at radius 2 is 2.12 bits per heavy atom. The van der Waals surface area contributed by atoms with Crippen molar-refractivity contribution in [1.29, 1.82) is 0 Å². The maximum atomic E-state index is 13.1. The van der Waals surface area contributed by atoms with Gasteiger partial charge < -0.3 is 15.0 Å². The molecular formula is C17H26N4O3. The zero-order valence-electron chi connectivity index (χ0n) is 15.0. The van der Waals surface area contributed by atoms with Crippen LogP contribution >= 0.6 is 0 Å². The molecule has 0 spiro atoms. The maximum Gasteiger partial charge on any atom is 0.327 e. The Hall–Kier alpha value is -2.15. The fourth-order valence-electron chi connectivity index (χ4n) is 2.98. The molecule has 2 rings (SSSR count). The predicted octanol–water partition coefficient (Wildman–Crippen LogP) is 1.42. The molecule has 24 heavy (non-hydrogen) atoms. The van der Waals surface area contributed by atoms with Crippen LogP contribution in [-0.4, -0.2) is 47.9 Å². The number of aromatic nitrogens is 2. The minimum Gasteiger partial charge on any atom is -0.465 e. The van der Waals surface area contributed by atoms with Gasteiger partial charge in [0.1, 0.15) is 6.04 Å². The summed E-state index contributed by atoms with van der Waals surface area (Å²) in [5.41, 5.74) is 3.00. The number of hydrogen-bond donors (Lipinski definition) is 1. The van der Waals surface area contributed by atoms with Crippen LogP contribution in [0.4, 0.5) is 5.69 Å². The monoisotopic (exact) mass is 334 g/mol. The molecule has 7 heteroatoms. The average molecular weight is 334 g/mol. The lowest BCUT2D eigenvalue weighted by atomic mass is 9.94. The van der Waals surface area contributed by atoms with E-state index in [1.807, 2.05) is 31.6 Å². The molecule has 0 saturated heterocycles.